The highest BCUT2D eigenvalue weighted by atomic mass is 16.5. The average molecular weight is 227 g/mol. The molecular formula is C14H13NO2. The van der Waals surface area contributed by atoms with E-state index in [4.69, 9.17) is 4.74 Å². The molecule has 0 spiro atoms. The summed E-state index contributed by atoms with van der Waals surface area (Å²) in [6, 6.07) is 9.38. The van der Waals surface area contributed by atoms with Crippen LogP contribution in [0.3, 0.4) is 0 Å². The lowest BCUT2D eigenvalue weighted by atomic mass is 9.99. The van der Waals surface area contributed by atoms with Gasteiger partial charge in [-0.1, -0.05) is 12.1 Å². The molecule has 1 aromatic heterocycles. The van der Waals surface area contributed by atoms with E-state index in [2.05, 4.69) is 4.98 Å². The molecule has 0 aliphatic rings. The molecule has 0 atom stereocenters. The van der Waals surface area contributed by atoms with Gasteiger partial charge >= 0.3 is 0 Å². The molecule has 3 heteroatoms. The Morgan fingerprint density at radius 1 is 1.24 bits per heavy atom. The van der Waals surface area contributed by atoms with Crippen LogP contribution in [0, 0.1) is 6.92 Å². The van der Waals surface area contributed by atoms with E-state index in [1.165, 1.54) is 0 Å². The number of nitrogens with zero attached hydrogens (tertiary/aromatic N) is 1. The molecule has 86 valence electrons. The molecule has 0 bridgehead atoms. The number of carbonyl (C=O) groups is 1. The van der Waals surface area contributed by atoms with Crippen molar-refractivity contribution in [2.24, 2.45) is 0 Å². The Balaban J connectivity index is 2.56. The van der Waals surface area contributed by atoms with E-state index >= 15 is 0 Å². The van der Waals surface area contributed by atoms with Crippen LogP contribution in [0.2, 0.25) is 0 Å². The van der Waals surface area contributed by atoms with Crippen molar-refractivity contribution in [1.82, 2.24) is 4.98 Å². The number of hydrogen-bond donors (Lipinski definition) is 0. The monoisotopic (exact) mass is 227 g/mol. The molecule has 1 aromatic carbocycles. The van der Waals surface area contributed by atoms with Gasteiger partial charge in [0.25, 0.3) is 0 Å². The van der Waals surface area contributed by atoms with Crippen molar-refractivity contribution >= 4 is 6.29 Å². The van der Waals surface area contributed by atoms with Crippen LogP contribution in [-0.2, 0) is 0 Å². The van der Waals surface area contributed by atoms with Gasteiger partial charge in [-0.05, 0) is 36.2 Å². The number of carbonyl (C=O) groups excluding carboxylic acids is 1. The first kappa shape index (κ1) is 11.3. The molecule has 0 fully saturated rings. The topological polar surface area (TPSA) is 39.2 Å². The second-order valence-corrected chi connectivity index (χ2v) is 3.75. The molecule has 0 unspecified atom stereocenters. The third kappa shape index (κ3) is 2.18. The van der Waals surface area contributed by atoms with Crippen LogP contribution in [0.4, 0.5) is 0 Å². The summed E-state index contributed by atoms with van der Waals surface area (Å²) in [4.78, 5) is 14.9. The number of aryl methyl sites for hydroxylation is 1. The van der Waals surface area contributed by atoms with E-state index in [9.17, 15) is 4.79 Å². The molecule has 2 aromatic rings. The number of rotatable bonds is 3. The van der Waals surface area contributed by atoms with E-state index in [0.29, 0.717) is 11.4 Å². The molecule has 0 saturated carbocycles. The smallest absolute Gasteiger partial charge is 0.221 e. The molecule has 2 rings (SSSR count). The molecule has 0 aliphatic heterocycles. The van der Waals surface area contributed by atoms with Gasteiger partial charge < -0.3 is 4.74 Å². The normalized spacial score (nSPS) is 10.0. The van der Waals surface area contributed by atoms with Crippen LogP contribution in [0.15, 0.2) is 36.5 Å². The maximum absolute atomic E-state index is 10.7. The summed E-state index contributed by atoms with van der Waals surface area (Å²) >= 11 is 0. The minimum absolute atomic E-state index is 0.592. The number of benzene rings is 1. The molecule has 1 heterocycles. The Morgan fingerprint density at radius 2 is 2.06 bits per heavy atom. The van der Waals surface area contributed by atoms with E-state index in [1.807, 2.05) is 31.2 Å². The maximum Gasteiger partial charge on any atom is 0.221 e. The first-order chi connectivity index (χ1) is 8.26. The highest BCUT2D eigenvalue weighted by Gasteiger charge is 2.08. The van der Waals surface area contributed by atoms with Crippen LogP contribution in [0.1, 0.15) is 15.9 Å². The molecule has 0 aliphatic carbocycles. The van der Waals surface area contributed by atoms with Crippen molar-refractivity contribution in [2.75, 3.05) is 7.11 Å². The van der Waals surface area contributed by atoms with Crippen molar-refractivity contribution in [1.29, 1.82) is 0 Å². The average Bonchev–Trinajstić information content (AvgIpc) is 2.38. The number of aldehydes is 1. The summed E-state index contributed by atoms with van der Waals surface area (Å²) in [6.45, 7) is 1.97. The fourth-order valence-electron chi connectivity index (χ4n) is 1.82. The SMILES string of the molecule is COc1ncccc1-c1ccc(C=O)cc1C. The van der Waals surface area contributed by atoms with Crippen LogP contribution < -0.4 is 4.74 Å². The van der Waals surface area contributed by atoms with Crippen molar-refractivity contribution in [3.63, 3.8) is 0 Å². The Labute approximate surface area is 100 Å². The van der Waals surface area contributed by atoms with Gasteiger partial charge in [-0.3, -0.25) is 4.79 Å². The second kappa shape index (κ2) is 4.78. The zero-order chi connectivity index (χ0) is 12.3. The van der Waals surface area contributed by atoms with Gasteiger partial charge in [-0.2, -0.15) is 0 Å². The summed E-state index contributed by atoms with van der Waals surface area (Å²) in [7, 11) is 1.60. The Bertz CT molecular complexity index is 550. The van der Waals surface area contributed by atoms with Crippen molar-refractivity contribution in [3.8, 4) is 17.0 Å². The van der Waals surface area contributed by atoms with E-state index in [0.717, 1.165) is 23.0 Å². The number of aromatic nitrogens is 1. The Hall–Kier alpha value is -2.16. The Kier molecular flexibility index (Phi) is 3.19. The third-order valence-electron chi connectivity index (χ3n) is 2.64. The summed E-state index contributed by atoms with van der Waals surface area (Å²) in [5.41, 5.74) is 3.67. The molecular weight excluding hydrogens is 214 g/mol. The molecule has 0 amide bonds. The van der Waals surface area contributed by atoms with Crippen molar-refractivity contribution < 1.29 is 9.53 Å². The first-order valence-corrected chi connectivity index (χ1v) is 5.31. The number of methoxy groups -OCH3 is 1. The molecule has 0 saturated heterocycles. The van der Waals surface area contributed by atoms with Crippen LogP contribution in [-0.4, -0.2) is 18.4 Å². The minimum atomic E-state index is 0.592. The van der Waals surface area contributed by atoms with Crippen molar-refractivity contribution in [2.45, 2.75) is 6.92 Å². The summed E-state index contributed by atoms with van der Waals surface area (Å²) in [6.07, 6.45) is 2.54. The van der Waals surface area contributed by atoms with Gasteiger partial charge in [0, 0.05) is 17.3 Å². The van der Waals surface area contributed by atoms with Gasteiger partial charge in [0.2, 0.25) is 5.88 Å². The molecule has 0 N–H and O–H groups in total. The second-order valence-electron chi connectivity index (χ2n) is 3.75. The maximum atomic E-state index is 10.7. The quantitative estimate of drug-likeness (QED) is 0.757. The zero-order valence-electron chi connectivity index (χ0n) is 9.81. The van der Waals surface area contributed by atoms with Crippen molar-refractivity contribution in [3.05, 3.63) is 47.7 Å². The summed E-state index contributed by atoms with van der Waals surface area (Å²) in [5, 5.41) is 0. The van der Waals surface area contributed by atoms with Gasteiger partial charge in [-0.25, -0.2) is 4.98 Å². The minimum Gasteiger partial charge on any atom is -0.481 e. The molecule has 3 nitrogen and oxygen atoms in total. The number of hydrogen-bond acceptors (Lipinski definition) is 3. The summed E-state index contributed by atoms with van der Waals surface area (Å²) in [5.74, 6) is 0.592. The standard InChI is InChI=1S/C14H13NO2/c1-10-8-11(9-16)5-6-12(10)13-4-3-7-15-14(13)17-2/h3-9H,1-2H3. The van der Waals surface area contributed by atoms with Gasteiger partial charge in [0.1, 0.15) is 6.29 Å². The van der Waals surface area contributed by atoms with Crippen LogP contribution in [0.25, 0.3) is 11.1 Å². The van der Waals surface area contributed by atoms with Crippen LogP contribution >= 0.6 is 0 Å². The third-order valence-corrected chi connectivity index (χ3v) is 2.64. The lowest BCUT2D eigenvalue weighted by molar-refractivity contribution is 0.112. The molecule has 0 radical (unpaired) electrons. The number of ether oxygens (including phenoxy) is 1. The van der Waals surface area contributed by atoms with Gasteiger partial charge in [0.15, 0.2) is 0 Å². The number of pyridine rings is 1. The molecule has 17 heavy (non-hydrogen) atoms. The largest absolute Gasteiger partial charge is 0.481 e. The Morgan fingerprint density at radius 3 is 2.71 bits per heavy atom. The van der Waals surface area contributed by atoms with E-state index in [1.54, 1.807) is 19.4 Å². The predicted octanol–water partition coefficient (Wildman–Crippen LogP) is 2.88. The summed E-state index contributed by atoms with van der Waals surface area (Å²) < 4.78 is 5.23. The lowest BCUT2D eigenvalue weighted by Gasteiger charge is -2.09. The fourth-order valence-corrected chi connectivity index (χ4v) is 1.82. The zero-order valence-corrected chi connectivity index (χ0v) is 9.81. The van der Waals surface area contributed by atoms with E-state index < -0.39 is 0 Å². The van der Waals surface area contributed by atoms with Gasteiger partial charge in [0.05, 0.1) is 7.11 Å². The highest BCUT2D eigenvalue weighted by Crippen LogP contribution is 2.30. The highest BCUT2D eigenvalue weighted by molar-refractivity contribution is 5.79. The predicted molar refractivity (Wildman–Crippen MR) is 66.3 cm³/mol. The van der Waals surface area contributed by atoms with Gasteiger partial charge in [-0.15, -0.1) is 0 Å². The fraction of sp³-hybridized carbons (Fsp3) is 0.143. The first-order valence-electron chi connectivity index (χ1n) is 5.31. The van der Waals surface area contributed by atoms with E-state index in [-0.39, 0.29) is 0 Å². The lowest BCUT2D eigenvalue weighted by Crippen LogP contribution is -1.93. The van der Waals surface area contributed by atoms with Crippen LogP contribution in [0.5, 0.6) is 5.88 Å².